The van der Waals surface area contributed by atoms with Crippen LogP contribution in [0.1, 0.15) is 32.8 Å². The second kappa shape index (κ2) is 5.74. The van der Waals surface area contributed by atoms with Crippen LogP contribution in [0.25, 0.3) is 0 Å². The van der Waals surface area contributed by atoms with Crippen molar-refractivity contribution in [1.82, 2.24) is 10.6 Å². The Morgan fingerprint density at radius 2 is 2.00 bits per heavy atom. The summed E-state index contributed by atoms with van der Waals surface area (Å²) in [7, 11) is 0. The number of benzene rings is 1. The van der Waals surface area contributed by atoms with Crippen LogP contribution >= 0.6 is 0 Å². The number of hydrogen-bond donors (Lipinski definition) is 2. The van der Waals surface area contributed by atoms with Crippen molar-refractivity contribution in [2.45, 2.75) is 38.6 Å². The third-order valence-electron chi connectivity index (χ3n) is 4.16. The molecule has 1 aliphatic rings. The summed E-state index contributed by atoms with van der Waals surface area (Å²) in [6, 6.07) is 10.3. The maximum Gasteiger partial charge on any atom is 0.230 e. The lowest BCUT2D eigenvalue weighted by molar-refractivity contribution is -0.126. The molecular formula is C16H24N2O. The van der Waals surface area contributed by atoms with E-state index < -0.39 is 5.41 Å². The van der Waals surface area contributed by atoms with E-state index >= 15 is 0 Å². The Balaban J connectivity index is 2.06. The summed E-state index contributed by atoms with van der Waals surface area (Å²) < 4.78 is 0. The standard InChI is InChI=1S/C16H24N2O/c1-12-11-17-10-9-14(12)18-15(19)16(2,3)13-7-5-4-6-8-13/h4-8,12,14,17H,9-11H2,1-3H3,(H,18,19). The van der Waals surface area contributed by atoms with E-state index in [0.29, 0.717) is 5.92 Å². The Kier molecular flexibility index (Phi) is 4.25. The van der Waals surface area contributed by atoms with Gasteiger partial charge >= 0.3 is 0 Å². The Hall–Kier alpha value is -1.35. The summed E-state index contributed by atoms with van der Waals surface area (Å²) in [5.41, 5.74) is 0.584. The zero-order chi connectivity index (χ0) is 13.9. The van der Waals surface area contributed by atoms with Crippen LogP contribution in [0.4, 0.5) is 0 Å². The van der Waals surface area contributed by atoms with Gasteiger partial charge in [-0.15, -0.1) is 0 Å². The fourth-order valence-corrected chi connectivity index (χ4v) is 2.56. The van der Waals surface area contributed by atoms with Gasteiger partial charge in [0.15, 0.2) is 0 Å². The van der Waals surface area contributed by atoms with Gasteiger partial charge in [-0.05, 0) is 44.8 Å². The summed E-state index contributed by atoms with van der Waals surface area (Å²) in [5.74, 6) is 0.613. The van der Waals surface area contributed by atoms with Gasteiger partial charge in [0.2, 0.25) is 5.91 Å². The summed E-state index contributed by atoms with van der Waals surface area (Å²) in [4.78, 5) is 12.5. The molecule has 1 aromatic rings. The molecule has 1 amide bonds. The molecule has 2 rings (SSSR count). The van der Waals surface area contributed by atoms with Crippen LogP contribution in [0.15, 0.2) is 30.3 Å². The molecule has 0 saturated carbocycles. The van der Waals surface area contributed by atoms with Crippen molar-refractivity contribution in [3.8, 4) is 0 Å². The van der Waals surface area contributed by atoms with E-state index in [4.69, 9.17) is 0 Å². The zero-order valence-corrected chi connectivity index (χ0v) is 12.1. The molecule has 104 valence electrons. The third kappa shape index (κ3) is 3.16. The van der Waals surface area contributed by atoms with Crippen molar-refractivity contribution in [2.24, 2.45) is 5.92 Å². The second-order valence-electron chi connectivity index (χ2n) is 6.04. The summed E-state index contributed by atoms with van der Waals surface area (Å²) in [5, 5.41) is 6.59. The summed E-state index contributed by atoms with van der Waals surface area (Å²) in [6.45, 7) is 8.14. The average Bonchev–Trinajstić information content (AvgIpc) is 2.42. The van der Waals surface area contributed by atoms with Crippen LogP contribution in [0.3, 0.4) is 0 Å². The molecule has 1 fully saturated rings. The summed E-state index contributed by atoms with van der Waals surface area (Å²) in [6.07, 6.45) is 1.01. The van der Waals surface area contributed by atoms with Crippen LogP contribution in [0.5, 0.6) is 0 Å². The van der Waals surface area contributed by atoms with Gasteiger partial charge in [0.05, 0.1) is 5.41 Å². The highest BCUT2D eigenvalue weighted by molar-refractivity contribution is 5.87. The topological polar surface area (TPSA) is 41.1 Å². The Bertz CT molecular complexity index is 428. The average molecular weight is 260 g/mol. The first-order chi connectivity index (χ1) is 9.01. The monoisotopic (exact) mass is 260 g/mol. The Morgan fingerprint density at radius 1 is 1.32 bits per heavy atom. The van der Waals surface area contributed by atoms with E-state index in [1.807, 2.05) is 44.2 Å². The molecule has 2 N–H and O–H groups in total. The quantitative estimate of drug-likeness (QED) is 0.873. The summed E-state index contributed by atoms with van der Waals surface area (Å²) >= 11 is 0. The first-order valence-corrected chi connectivity index (χ1v) is 7.09. The smallest absolute Gasteiger partial charge is 0.230 e. The van der Waals surface area contributed by atoms with Crippen LogP contribution in [0, 0.1) is 5.92 Å². The molecule has 0 spiro atoms. The molecule has 2 atom stereocenters. The molecule has 3 nitrogen and oxygen atoms in total. The first-order valence-electron chi connectivity index (χ1n) is 7.09. The molecule has 1 aliphatic heterocycles. The lowest BCUT2D eigenvalue weighted by atomic mass is 9.83. The highest BCUT2D eigenvalue weighted by atomic mass is 16.2. The molecule has 0 bridgehead atoms. The minimum atomic E-state index is -0.480. The lowest BCUT2D eigenvalue weighted by Gasteiger charge is -2.33. The minimum absolute atomic E-state index is 0.123. The van der Waals surface area contributed by atoms with Gasteiger partial charge in [-0.2, -0.15) is 0 Å². The number of nitrogens with one attached hydrogen (secondary N) is 2. The molecular weight excluding hydrogens is 236 g/mol. The maximum absolute atomic E-state index is 12.5. The fraction of sp³-hybridized carbons (Fsp3) is 0.562. The Morgan fingerprint density at radius 3 is 2.63 bits per heavy atom. The van der Waals surface area contributed by atoms with Crippen molar-refractivity contribution < 1.29 is 4.79 Å². The maximum atomic E-state index is 12.5. The van der Waals surface area contributed by atoms with Crippen molar-refractivity contribution >= 4 is 5.91 Å². The van der Waals surface area contributed by atoms with Gasteiger partial charge < -0.3 is 10.6 Å². The van der Waals surface area contributed by atoms with Crippen molar-refractivity contribution in [2.75, 3.05) is 13.1 Å². The molecule has 0 aromatic heterocycles. The SMILES string of the molecule is CC1CNCCC1NC(=O)C(C)(C)c1ccccc1. The lowest BCUT2D eigenvalue weighted by Crippen LogP contribution is -2.52. The highest BCUT2D eigenvalue weighted by Crippen LogP contribution is 2.24. The van der Waals surface area contributed by atoms with E-state index in [2.05, 4.69) is 17.6 Å². The van der Waals surface area contributed by atoms with E-state index in [-0.39, 0.29) is 11.9 Å². The number of carbonyl (C=O) groups excluding carboxylic acids is 1. The minimum Gasteiger partial charge on any atom is -0.352 e. The van der Waals surface area contributed by atoms with E-state index in [1.165, 1.54) is 0 Å². The molecule has 0 radical (unpaired) electrons. The van der Waals surface area contributed by atoms with Gasteiger partial charge in [-0.3, -0.25) is 4.79 Å². The third-order valence-corrected chi connectivity index (χ3v) is 4.16. The molecule has 2 unspecified atom stereocenters. The van der Waals surface area contributed by atoms with Crippen LogP contribution in [-0.4, -0.2) is 25.0 Å². The van der Waals surface area contributed by atoms with Crippen LogP contribution in [-0.2, 0) is 10.2 Å². The normalized spacial score (nSPS) is 23.9. The van der Waals surface area contributed by atoms with E-state index in [1.54, 1.807) is 0 Å². The fourth-order valence-electron chi connectivity index (χ4n) is 2.56. The van der Waals surface area contributed by atoms with Crippen LogP contribution < -0.4 is 10.6 Å². The number of amides is 1. The van der Waals surface area contributed by atoms with Gasteiger partial charge in [-0.25, -0.2) is 0 Å². The molecule has 0 aliphatic carbocycles. The zero-order valence-electron chi connectivity index (χ0n) is 12.1. The van der Waals surface area contributed by atoms with Gasteiger partial charge in [-0.1, -0.05) is 37.3 Å². The second-order valence-corrected chi connectivity index (χ2v) is 6.04. The number of rotatable bonds is 3. The van der Waals surface area contributed by atoms with Gasteiger partial charge in [0.1, 0.15) is 0 Å². The highest BCUT2D eigenvalue weighted by Gasteiger charge is 2.32. The molecule has 1 saturated heterocycles. The van der Waals surface area contributed by atoms with Crippen molar-refractivity contribution in [3.05, 3.63) is 35.9 Å². The van der Waals surface area contributed by atoms with Crippen molar-refractivity contribution in [3.63, 3.8) is 0 Å². The van der Waals surface area contributed by atoms with E-state index in [0.717, 1.165) is 25.1 Å². The van der Waals surface area contributed by atoms with Crippen LogP contribution in [0.2, 0.25) is 0 Å². The molecule has 19 heavy (non-hydrogen) atoms. The van der Waals surface area contributed by atoms with Gasteiger partial charge in [0, 0.05) is 6.04 Å². The molecule has 3 heteroatoms. The van der Waals surface area contributed by atoms with E-state index in [9.17, 15) is 4.79 Å². The molecule has 1 heterocycles. The van der Waals surface area contributed by atoms with Crippen molar-refractivity contribution in [1.29, 1.82) is 0 Å². The number of hydrogen-bond acceptors (Lipinski definition) is 2. The number of carbonyl (C=O) groups is 1. The largest absolute Gasteiger partial charge is 0.352 e. The first kappa shape index (κ1) is 14.1. The molecule has 1 aromatic carbocycles. The predicted molar refractivity (Wildman–Crippen MR) is 78.0 cm³/mol. The Labute approximate surface area is 115 Å². The number of piperidine rings is 1. The van der Waals surface area contributed by atoms with Gasteiger partial charge in [0.25, 0.3) is 0 Å². The predicted octanol–water partition coefficient (Wildman–Crippen LogP) is 2.08.